The monoisotopic (exact) mass is 689 g/mol. The predicted molar refractivity (Wildman–Crippen MR) is 188 cm³/mol. The smallest absolute Gasteiger partial charge is 0.271 e. The minimum Gasteiger partial charge on any atom is -0.348 e. The van der Waals surface area contributed by atoms with Gasteiger partial charge in [-0.3, -0.25) is 24.2 Å². The largest absolute Gasteiger partial charge is 0.348 e. The van der Waals surface area contributed by atoms with Crippen LogP contribution >= 0.6 is 0 Å². The summed E-state index contributed by atoms with van der Waals surface area (Å²) in [7, 11) is 0. The van der Waals surface area contributed by atoms with E-state index in [1.807, 2.05) is 24.3 Å². The van der Waals surface area contributed by atoms with E-state index >= 15 is 0 Å². The first-order chi connectivity index (χ1) is 24.8. The SMILES string of the molecule is O=C(NC1CCC(C2C(=O)c3cc(F)ncc3N(c3cccc(-c4ccc(CN5CCNCC5)cc4)c3)C2=O)CC1)c1cn2cc(F)ccc2n1. The van der Waals surface area contributed by atoms with Crippen molar-refractivity contribution in [1.82, 2.24) is 29.9 Å². The number of anilines is 2. The fourth-order valence-electron chi connectivity index (χ4n) is 7.70. The fraction of sp³-hybridized carbons (Fsp3) is 0.308. The highest BCUT2D eigenvalue weighted by Crippen LogP contribution is 2.43. The zero-order valence-corrected chi connectivity index (χ0v) is 27.9. The molecule has 1 saturated heterocycles. The van der Waals surface area contributed by atoms with Crippen LogP contribution < -0.4 is 15.5 Å². The molecule has 5 aromatic rings. The summed E-state index contributed by atoms with van der Waals surface area (Å²) in [5.41, 5.74) is 4.73. The van der Waals surface area contributed by atoms with Crippen LogP contribution in [0, 0.1) is 23.6 Å². The van der Waals surface area contributed by atoms with Gasteiger partial charge in [-0.25, -0.2) is 14.4 Å². The van der Waals surface area contributed by atoms with Crippen LogP contribution in [0.4, 0.5) is 20.2 Å². The van der Waals surface area contributed by atoms with Crippen LogP contribution in [-0.4, -0.2) is 69.1 Å². The molecule has 260 valence electrons. The standard InChI is InChI=1S/C39H37F2N7O3/c40-28-10-13-35-45-32(23-47(35)22-28)38(50)44-29-11-8-26(9-12-29)36-37(49)31-19-34(41)43-20-33(31)48(39(36)51)30-3-1-2-27(18-30)25-6-4-24(5-7-25)21-46-16-14-42-15-17-46/h1-7,10,13,18-20,22-23,26,29,36,42H,8-9,11-12,14-17,21H2,(H,44,50). The zero-order valence-electron chi connectivity index (χ0n) is 27.9. The summed E-state index contributed by atoms with van der Waals surface area (Å²) < 4.78 is 29.6. The molecule has 3 aromatic heterocycles. The zero-order chi connectivity index (χ0) is 35.1. The number of hydrogen-bond donors (Lipinski definition) is 2. The van der Waals surface area contributed by atoms with Gasteiger partial charge in [0.25, 0.3) is 5.91 Å². The van der Waals surface area contributed by atoms with Crippen molar-refractivity contribution >= 4 is 34.6 Å². The third kappa shape index (κ3) is 6.64. The molecular formula is C39H37F2N7O3. The Labute approximate surface area is 293 Å². The summed E-state index contributed by atoms with van der Waals surface area (Å²) in [6.07, 6.45) is 6.13. The number of ketones is 1. The topological polar surface area (TPSA) is 112 Å². The fourth-order valence-corrected chi connectivity index (χ4v) is 7.70. The maximum Gasteiger partial charge on any atom is 0.271 e. The van der Waals surface area contributed by atoms with Crippen LogP contribution in [0.5, 0.6) is 0 Å². The number of amides is 2. The number of imidazole rings is 1. The first-order valence-corrected chi connectivity index (χ1v) is 17.4. The summed E-state index contributed by atoms with van der Waals surface area (Å²) in [4.78, 5) is 53.4. The molecule has 0 spiro atoms. The van der Waals surface area contributed by atoms with Crippen LogP contribution in [0.15, 0.2) is 85.3 Å². The lowest BCUT2D eigenvalue weighted by Crippen LogP contribution is -2.47. The Morgan fingerprint density at radius 1 is 0.902 bits per heavy atom. The van der Waals surface area contributed by atoms with Gasteiger partial charge < -0.3 is 15.0 Å². The van der Waals surface area contributed by atoms with Crippen LogP contribution in [0.2, 0.25) is 0 Å². The Balaban J connectivity index is 0.997. The quantitative estimate of drug-likeness (QED) is 0.170. The molecule has 3 aliphatic rings. The molecule has 2 aromatic carbocycles. The lowest BCUT2D eigenvalue weighted by Gasteiger charge is -2.39. The average Bonchev–Trinajstić information content (AvgIpc) is 3.57. The molecule has 0 radical (unpaired) electrons. The van der Waals surface area contributed by atoms with Crippen molar-refractivity contribution in [3.8, 4) is 11.1 Å². The van der Waals surface area contributed by atoms with Crippen molar-refractivity contribution in [1.29, 1.82) is 0 Å². The van der Waals surface area contributed by atoms with Gasteiger partial charge >= 0.3 is 0 Å². The lowest BCUT2D eigenvalue weighted by atomic mass is 9.73. The highest BCUT2D eigenvalue weighted by atomic mass is 19.1. The predicted octanol–water partition coefficient (Wildman–Crippen LogP) is 5.55. The van der Waals surface area contributed by atoms with Crippen LogP contribution in [0.3, 0.4) is 0 Å². The molecule has 10 nitrogen and oxygen atoms in total. The molecule has 2 fully saturated rings. The van der Waals surface area contributed by atoms with Gasteiger partial charge in [0, 0.05) is 68.5 Å². The molecule has 8 rings (SSSR count). The summed E-state index contributed by atoms with van der Waals surface area (Å²) >= 11 is 0. The highest BCUT2D eigenvalue weighted by Gasteiger charge is 2.45. The van der Waals surface area contributed by atoms with E-state index in [1.54, 1.807) is 0 Å². The van der Waals surface area contributed by atoms with Crippen LogP contribution in [0.1, 0.15) is 52.1 Å². The molecule has 2 N–H and O–H groups in total. The number of rotatable bonds is 7. The van der Waals surface area contributed by atoms with Gasteiger partial charge in [-0.2, -0.15) is 4.39 Å². The Hall–Kier alpha value is -5.33. The average molecular weight is 690 g/mol. The number of halogens is 2. The Bertz CT molecular complexity index is 2120. The molecule has 1 aliphatic carbocycles. The van der Waals surface area contributed by atoms with Gasteiger partial charge in [0.2, 0.25) is 11.9 Å². The molecule has 51 heavy (non-hydrogen) atoms. The minimum absolute atomic E-state index is 0.133. The van der Waals surface area contributed by atoms with Gasteiger partial charge in [-0.15, -0.1) is 0 Å². The van der Waals surface area contributed by atoms with Crippen molar-refractivity contribution in [2.45, 2.75) is 38.3 Å². The van der Waals surface area contributed by atoms with Gasteiger partial charge in [0.05, 0.1) is 11.9 Å². The Morgan fingerprint density at radius 2 is 1.69 bits per heavy atom. The number of hydrogen-bond acceptors (Lipinski definition) is 7. The van der Waals surface area contributed by atoms with Crippen LogP contribution in [-0.2, 0) is 11.3 Å². The van der Waals surface area contributed by atoms with Crippen LogP contribution in [0.25, 0.3) is 16.8 Å². The van der Waals surface area contributed by atoms with Gasteiger partial charge in [-0.05, 0) is 72.6 Å². The molecule has 2 aliphatic heterocycles. The van der Waals surface area contributed by atoms with E-state index in [2.05, 4.69) is 49.8 Å². The normalized spacial score (nSPS) is 21.1. The van der Waals surface area contributed by atoms with E-state index in [9.17, 15) is 23.2 Å². The van der Waals surface area contributed by atoms with E-state index in [0.717, 1.165) is 49.9 Å². The summed E-state index contributed by atoms with van der Waals surface area (Å²) in [5.74, 6) is -3.67. The number of aromatic nitrogens is 3. The Morgan fingerprint density at radius 3 is 2.47 bits per heavy atom. The summed E-state index contributed by atoms with van der Waals surface area (Å²) in [6, 6.07) is 19.7. The lowest BCUT2D eigenvalue weighted by molar-refractivity contribution is -0.122. The van der Waals surface area contributed by atoms with Crippen molar-refractivity contribution in [2.24, 2.45) is 11.8 Å². The first-order valence-electron chi connectivity index (χ1n) is 17.4. The Kier molecular flexibility index (Phi) is 8.87. The molecular weight excluding hydrogens is 652 g/mol. The number of nitrogens with zero attached hydrogens (tertiary/aromatic N) is 5. The molecule has 1 unspecified atom stereocenters. The third-order valence-corrected chi connectivity index (χ3v) is 10.4. The highest BCUT2D eigenvalue weighted by molar-refractivity contribution is 6.24. The summed E-state index contributed by atoms with van der Waals surface area (Å²) in [5, 5.41) is 6.39. The van der Waals surface area contributed by atoms with Crippen molar-refractivity contribution < 1.29 is 23.2 Å². The summed E-state index contributed by atoms with van der Waals surface area (Å²) in [6.45, 7) is 4.91. The third-order valence-electron chi connectivity index (χ3n) is 10.4. The molecule has 1 saturated carbocycles. The number of piperazine rings is 1. The van der Waals surface area contributed by atoms with Gasteiger partial charge in [0.1, 0.15) is 23.1 Å². The number of benzene rings is 2. The van der Waals surface area contributed by atoms with E-state index in [-0.39, 0.29) is 40.7 Å². The number of carbonyl (C=O) groups excluding carboxylic acids is 3. The van der Waals surface area contributed by atoms with Crippen molar-refractivity contribution in [3.63, 3.8) is 0 Å². The maximum atomic E-state index is 14.5. The molecule has 12 heteroatoms. The second kappa shape index (κ2) is 13.8. The maximum absolute atomic E-state index is 14.5. The second-order valence-electron chi connectivity index (χ2n) is 13.6. The van der Waals surface area contributed by atoms with Crippen molar-refractivity contribution in [3.05, 3.63) is 114 Å². The van der Waals surface area contributed by atoms with E-state index in [1.165, 1.54) is 45.6 Å². The number of pyridine rings is 2. The van der Waals surface area contributed by atoms with Gasteiger partial charge in [0.15, 0.2) is 5.78 Å². The number of nitrogens with one attached hydrogen (secondary N) is 2. The van der Waals surface area contributed by atoms with E-state index < -0.39 is 23.5 Å². The first kappa shape index (κ1) is 32.9. The molecule has 2 amide bonds. The minimum atomic E-state index is -1.00. The molecule has 1 atom stereocenters. The molecule has 5 heterocycles. The van der Waals surface area contributed by atoms with Crippen molar-refractivity contribution in [2.75, 3.05) is 31.1 Å². The van der Waals surface area contributed by atoms with E-state index in [0.29, 0.717) is 37.0 Å². The second-order valence-corrected chi connectivity index (χ2v) is 13.6. The van der Waals surface area contributed by atoms with E-state index in [4.69, 9.17) is 0 Å². The number of fused-ring (bicyclic) bond motifs is 2. The van der Waals surface area contributed by atoms with Gasteiger partial charge in [-0.1, -0.05) is 36.4 Å². The molecule has 0 bridgehead atoms. The number of Topliss-reactive ketones (excluding diaryl/α,β-unsaturated/α-hetero) is 1. The number of carbonyl (C=O) groups is 3.